The zero-order chi connectivity index (χ0) is 15.6. The van der Waals surface area contributed by atoms with Crippen molar-refractivity contribution in [3.8, 4) is 0 Å². The minimum absolute atomic E-state index is 0.0389. The third kappa shape index (κ3) is 3.59. The molecule has 0 bridgehead atoms. The Morgan fingerprint density at radius 1 is 1.29 bits per heavy atom. The predicted octanol–water partition coefficient (Wildman–Crippen LogP) is 4.57. The van der Waals surface area contributed by atoms with E-state index in [1.54, 1.807) is 37.3 Å². The van der Waals surface area contributed by atoms with Crippen LogP contribution in [-0.4, -0.2) is 10.8 Å². The highest BCUT2D eigenvalue weighted by Crippen LogP contribution is 2.25. The van der Waals surface area contributed by atoms with Gasteiger partial charge in [-0.1, -0.05) is 17.7 Å². The summed E-state index contributed by atoms with van der Waals surface area (Å²) < 4.78 is 0.550. The van der Waals surface area contributed by atoms with E-state index in [-0.39, 0.29) is 11.6 Å². The molecule has 0 radical (unpaired) electrons. The van der Waals surface area contributed by atoms with E-state index in [4.69, 9.17) is 11.6 Å². The van der Waals surface area contributed by atoms with Crippen molar-refractivity contribution in [2.75, 3.05) is 5.32 Å². The fourth-order valence-electron chi connectivity index (χ4n) is 1.76. The maximum Gasteiger partial charge on any atom is 0.274 e. The van der Waals surface area contributed by atoms with Crippen molar-refractivity contribution in [2.24, 2.45) is 0 Å². The molecule has 21 heavy (non-hydrogen) atoms. The number of nitro groups is 1. The Balaban J connectivity index is 2.27. The summed E-state index contributed by atoms with van der Waals surface area (Å²) in [4.78, 5) is 22.6. The number of hydrogen-bond acceptors (Lipinski definition) is 3. The number of halogens is 2. The summed E-state index contributed by atoms with van der Waals surface area (Å²) in [5, 5.41) is 14.0. The normalized spacial score (nSPS) is 10.2. The highest BCUT2D eigenvalue weighted by molar-refractivity contribution is 9.10. The molecular formula is C14H10BrClN2O3. The van der Waals surface area contributed by atoms with Crippen LogP contribution in [0.2, 0.25) is 5.02 Å². The molecule has 0 aromatic heterocycles. The lowest BCUT2D eigenvalue weighted by Gasteiger charge is -2.08. The van der Waals surface area contributed by atoms with Crippen molar-refractivity contribution < 1.29 is 9.72 Å². The Morgan fingerprint density at radius 3 is 2.62 bits per heavy atom. The van der Waals surface area contributed by atoms with Crippen LogP contribution in [0.15, 0.2) is 40.9 Å². The molecular weight excluding hydrogens is 360 g/mol. The molecule has 2 aromatic rings. The van der Waals surface area contributed by atoms with Crippen LogP contribution in [0.25, 0.3) is 0 Å². The minimum atomic E-state index is -0.483. The second-order valence-electron chi connectivity index (χ2n) is 4.34. The van der Waals surface area contributed by atoms with Crippen molar-refractivity contribution in [3.05, 3.63) is 67.1 Å². The molecule has 0 aliphatic heterocycles. The molecule has 0 unspecified atom stereocenters. The lowest BCUT2D eigenvalue weighted by molar-refractivity contribution is -0.385. The van der Waals surface area contributed by atoms with E-state index in [2.05, 4.69) is 21.2 Å². The molecule has 0 spiro atoms. The number of rotatable bonds is 3. The maximum atomic E-state index is 12.2. The van der Waals surface area contributed by atoms with Gasteiger partial charge in [0.05, 0.1) is 10.5 Å². The number of nitro benzene ring substituents is 1. The van der Waals surface area contributed by atoms with Crippen LogP contribution >= 0.6 is 27.5 Å². The van der Waals surface area contributed by atoms with Crippen LogP contribution in [0.3, 0.4) is 0 Å². The first-order valence-corrected chi connectivity index (χ1v) is 7.07. The Kier molecular flexibility index (Phi) is 4.59. The molecule has 0 saturated carbocycles. The monoisotopic (exact) mass is 368 g/mol. The van der Waals surface area contributed by atoms with Gasteiger partial charge < -0.3 is 5.32 Å². The second-order valence-corrected chi connectivity index (χ2v) is 5.63. The number of benzene rings is 2. The molecule has 2 rings (SSSR count). The van der Waals surface area contributed by atoms with Gasteiger partial charge in [0, 0.05) is 26.8 Å². The van der Waals surface area contributed by atoms with Gasteiger partial charge >= 0.3 is 0 Å². The third-order valence-electron chi connectivity index (χ3n) is 2.84. The third-order valence-corrected chi connectivity index (χ3v) is 3.73. The predicted molar refractivity (Wildman–Crippen MR) is 84.9 cm³/mol. The molecule has 0 fully saturated rings. The van der Waals surface area contributed by atoms with Crippen molar-refractivity contribution >= 4 is 44.8 Å². The molecule has 0 saturated heterocycles. The van der Waals surface area contributed by atoms with Gasteiger partial charge in [0.1, 0.15) is 0 Å². The number of nitrogens with zero attached hydrogens (tertiary/aromatic N) is 1. The fourth-order valence-corrected chi connectivity index (χ4v) is 2.62. The van der Waals surface area contributed by atoms with E-state index in [9.17, 15) is 14.9 Å². The number of carbonyl (C=O) groups is 1. The summed E-state index contributed by atoms with van der Waals surface area (Å²) in [6, 6.07) is 9.31. The molecule has 108 valence electrons. The van der Waals surface area contributed by atoms with Crippen molar-refractivity contribution in [1.82, 2.24) is 0 Å². The molecule has 7 heteroatoms. The molecule has 0 atom stereocenters. The van der Waals surface area contributed by atoms with E-state index in [1.165, 1.54) is 6.07 Å². The number of nitrogens with one attached hydrogen (secondary N) is 1. The van der Waals surface area contributed by atoms with Gasteiger partial charge in [-0.05, 0) is 47.1 Å². The number of carbonyl (C=O) groups excluding carboxylic acids is 1. The van der Waals surface area contributed by atoms with Gasteiger partial charge in [0.25, 0.3) is 11.6 Å². The molecule has 1 amide bonds. The Hall–Kier alpha value is -1.92. The average Bonchev–Trinajstić information content (AvgIpc) is 2.40. The van der Waals surface area contributed by atoms with Crippen molar-refractivity contribution in [2.45, 2.75) is 6.92 Å². The van der Waals surface area contributed by atoms with E-state index >= 15 is 0 Å². The zero-order valence-electron chi connectivity index (χ0n) is 10.9. The Morgan fingerprint density at radius 2 is 2.00 bits per heavy atom. The Labute approximate surface area is 134 Å². The van der Waals surface area contributed by atoms with Gasteiger partial charge in [0.2, 0.25) is 0 Å². The molecule has 0 aliphatic carbocycles. The molecule has 2 aromatic carbocycles. The highest BCUT2D eigenvalue weighted by atomic mass is 79.9. The van der Waals surface area contributed by atoms with E-state index in [0.717, 1.165) is 0 Å². The number of aryl methyl sites for hydroxylation is 1. The van der Waals surface area contributed by atoms with Gasteiger partial charge in [-0.2, -0.15) is 0 Å². The van der Waals surface area contributed by atoms with Gasteiger partial charge in [0.15, 0.2) is 0 Å². The standard InChI is InChI=1S/C14H10BrClN2O3/c1-8-2-4-10(7-13(8)18(20)21)17-14(19)11-5-3-9(16)6-12(11)15/h2-7H,1H3,(H,17,19). The summed E-state index contributed by atoms with van der Waals surface area (Å²) in [6.45, 7) is 1.64. The van der Waals surface area contributed by atoms with E-state index < -0.39 is 4.92 Å². The molecule has 5 nitrogen and oxygen atoms in total. The largest absolute Gasteiger partial charge is 0.322 e. The van der Waals surface area contributed by atoms with Crippen LogP contribution in [0.1, 0.15) is 15.9 Å². The van der Waals surface area contributed by atoms with Gasteiger partial charge in [-0.25, -0.2) is 0 Å². The number of amides is 1. The number of hydrogen-bond donors (Lipinski definition) is 1. The first kappa shape index (κ1) is 15.5. The van der Waals surface area contributed by atoms with Crippen molar-refractivity contribution in [1.29, 1.82) is 0 Å². The SMILES string of the molecule is Cc1ccc(NC(=O)c2ccc(Cl)cc2Br)cc1[N+](=O)[O-]. The smallest absolute Gasteiger partial charge is 0.274 e. The summed E-state index contributed by atoms with van der Waals surface area (Å²) in [7, 11) is 0. The lowest BCUT2D eigenvalue weighted by atomic mass is 10.1. The maximum absolute atomic E-state index is 12.2. The summed E-state index contributed by atoms with van der Waals surface area (Å²) >= 11 is 9.08. The summed E-state index contributed by atoms with van der Waals surface area (Å²) in [5.74, 6) is -0.378. The van der Waals surface area contributed by atoms with Crippen LogP contribution in [0.5, 0.6) is 0 Å². The number of anilines is 1. The average molecular weight is 370 g/mol. The van der Waals surface area contributed by atoms with Crippen LogP contribution < -0.4 is 5.32 Å². The van der Waals surface area contributed by atoms with Crippen molar-refractivity contribution in [3.63, 3.8) is 0 Å². The minimum Gasteiger partial charge on any atom is -0.322 e. The highest BCUT2D eigenvalue weighted by Gasteiger charge is 2.14. The Bertz CT molecular complexity index is 734. The van der Waals surface area contributed by atoms with Gasteiger partial charge in [-0.15, -0.1) is 0 Å². The quantitative estimate of drug-likeness (QED) is 0.636. The molecule has 0 aliphatic rings. The fraction of sp³-hybridized carbons (Fsp3) is 0.0714. The first-order chi connectivity index (χ1) is 9.88. The summed E-state index contributed by atoms with van der Waals surface area (Å²) in [5.41, 5.74) is 1.25. The second kappa shape index (κ2) is 6.24. The lowest BCUT2D eigenvalue weighted by Crippen LogP contribution is -2.12. The summed E-state index contributed by atoms with van der Waals surface area (Å²) in [6.07, 6.45) is 0. The van der Waals surface area contributed by atoms with Crippen LogP contribution in [0, 0.1) is 17.0 Å². The first-order valence-electron chi connectivity index (χ1n) is 5.90. The topological polar surface area (TPSA) is 72.2 Å². The van der Waals surface area contributed by atoms with E-state index in [1.807, 2.05) is 0 Å². The molecule has 0 heterocycles. The van der Waals surface area contributed by atoms with E-state index in [0.29, 0.717) is 26.3 Å². The van der Waals surface area contributed by atoms with Gasteiger partial charge in [-0.3, -0.25) is 14.9 Å². The zero-order valence-corrected chi connectivity index (χ0v) is 13.2. The molecule has 1 N–H and O–H groups in total. The van der Waals surface area contributed by atoms with Crippen LogP contribution in [-0.2, 0) is 0 Å². The van der Waals surface area contributed by atoms with Crippen LogP contribution in [0.4, 0.5) is 11.4 Å².